The van der Waals surface area contributed by atoms with E-state index in [1.807, 2.05) is 0 Å². The summed E-state index contributed by atoms with van der Waals surface area (Å²) in [4.78, 5) is 74.6. The highest BCUT2D eigenvalue weighted by molar-refractivity contribution is 5.94. The highest BCUT2D eigenvalue weighted by Gasteiger charge is 2.78. The van der Waals surface area contributed by atoms with Crippen LogP contribution >= 0.6 is 0 Å². The number of ketones is 1. The molecule has 8 rings (SSSR count). The number of nitrogens with zero attached hydrogens (tertiary/aromatic N) is 1. The highest BCUT2D eigenvalue weighted by Crippen LogP contribution is 2.65. The van der Waals surface area contributed by atoms with Gasteiger partial charge in [0.1, 0.15) is 47.4 Å². The third-order valence-corrected chi connectivity index (χ3v) is 15.1. The largest absolute Gasteiger partial charge is 0.497 e. The SMILES string of the molecule is COc1ccc(C2O[C@@H](C(=O)O[C@H]3C[C@@]4(O)[C@@H](OC(=O)c5ccccc5)[C@@H]5[C@]6(OC(C)=O)CO[C@@H]6C[C@H](OC)[C@@]5(C)C(=O)[C@H](OC)C(=C3C)C4(C)C)[C@H](c3ccccc3)N2C(=O)OC(C)(C)C)cc1. The van der Waals surface area contributed by atoms with Gasteiger partial charge in [0.2, 0.25) is 0 Å². The molecule has 2 aliphatic heterocycles. The lowest BCUT2D eigenvalue weighted by Crippen LogP contribution is -2.82. The van der Waals surface area contributed by atoms with E-state index in [0.29, 0.717) is 28.0 Å². The van der Waals surface area contributed by atoms with Crippen LogP contribution in [0.5, 0.6) is 5.75 Å². The fraction of sp³-hybridized carbons (Fsp3) is 0.528. The van der Waals surface area contributed by atoms with Gasteiger partial charge in [0.25, 0.3) is 0 Å². The summed E-state index contributed by atoms with van der Waals surface area (Å²) >= 11 is 0. The van der Waals surface area contributed by atoms with Crippen molar-refractivity contribution in [2.24, 2.45) is 16.7 Å². The van der Waals surface area contributed by atoms with Crippen molar-refractivity contribution in [3.8, 4) is 5.75 Å². The van der Waals surface area contributed by atoms with Crippen molar-refractivity contribution < 1.29 is 71.7 Å². The zero-order chi connectivity index (χ0) is 50.0. The summed E-state index contributed by atoms with van der Waals surface area (Å²) in [6.45, 7) is 13.1. The Labute approximate surface area is 402 Å². The Hall–Kier alpha value is -5.65. The number of rotatable bonds is 10. The van der Waals surface area contributed by atoms with Gasteiger partial charge in [-0.2, -0.15) is 0 Å². The number of amides is 1. The Morgan fingerprint density at radius 1 is 0.841 bits per heavy atom. The molecule has 0 spiro atoms. The fourth-order valence-electron chi connectivity index (χ4n) is 11.8. The standard InChI is InChI=1S/C53H63NO15/c1-29-35(65-47(58)41-39(31-18-14-12-15-19-31)54(48(59)69-49(3,4)5)45(66-41)32-22-24-34(61-9)25-23-32)27-53(60)44(67-46(57)33-20-16-13-17-21-33)42-51(8,43(56)40(63-11)38(29)50(53,6)7)36(62-10)26-37-52(42,28-64-37)68-30(2)55/h12-25,35-37,39-42,44-45,60H,26-28H2,1-11H3/t35-,36-,37+,39-,40+,41+,42-,44-,45?,51+,52-,53+/m0/s1. The van der Waals surface area contributed by atoms with Gasteiger partial charge < -0.3 is 47.7 Å². The van der Waals surface area contributed by atoms with E-state index in [0.717, 1.165) is 0 Å². The van der Waals surface area contributed by atoms with Crippen molar-refractivity contribution >= 4 is 29.8 Å². The Balaban J connectivity index is 1.29. The predicted octanol–water partition coefficient (Wildman–Crippen LogP) is 7.03. The first-order chi connectivity index (χ1) is 32.6. The molecule has 16 heteroatoms. The molecular weight excluding hydrogens is 891 g/mol. The molecular formula is C53H63NO15. The summed E-state index contributed by atoms with van der Waals surface area (Å²) in [5, 5.41) is 14.0. The zero-order valence-corrected chi connectivity index (χ0v) is 41.0. The van der Waals surface area contributed by atoms with Crippen LogP contribution in [0.3, 0.4) is 0 Å². The maximum absolute atomic E-state index is 15.8. The number of Topliss-reactive ketones (excluding diaryl/α,β-unsaturated/α-hetero) is 1. The van der Waals surface area contributed by atoms with Crippen LogP contribution in [0.4, 0.5) is 4.79 Å². The van der Waals surface area contributed by atoms with Crippen LogP contribution in [-0.4, -0.2) is 121 Å². The monoisotopic (exact) mass is 953 g/mol. The topological polar surface area (TPSA) is 192 Å². The molecule has 1 unspecified atom stereocenters. The van der Waals surface area contributed by atoms with Crippen molar-refractivity contribution in [2.45, 2.75) is 134 Å². The van der Waals surface area contributed by atoms with E-state index in [4.69, 9.17) is 42.6 Å². The smallest absolute Gasteiger partial charge is 0.413 e. The van der Waals surface area contributed by atoms with Gasteiger partial charge in [0, 0.05) is 45.0 Å². The van der Waals surface area contributed by atoms with Crippen LogP contribution in [-0.2, 0) is 52.3 Å². The minimum absolute atomic E-state index is 0.125. The molecule has 16 nitrogen and oxygen atoms in total. The number of benzene rings is 3. The summed E-state index contributed by atoms with van der Waals surface area (Å²) in [7, 11) is 4.37. The molecule has 0 aromatic heterocycles. The van der Waals surface area contributed by atoms with E-state index in [2.05, 4.69) is 0 Å². The first kappa shape index (κ1) is 49.8. The van der Waals surface area contributed by atoms with E-state index in [1.54, 1.807) is 133 Å². The van der Waals surface area contributed by atoms with Gasteiger partial charge in [-0.3, -0.25) is 14.5 Å². The van der Waals surface area contributed by atoms with Gasteiger partial charge in [-0.25, -0.2) is 14.4 Å². The normalized spacial score (nSPS) is 33.7. The Morgan fingerprint density at radius 2 is 1.48 bits per heavy atom. The second-order valence-corrected chi connectivity index (χ2v) is 20.4. The van der Waals surface area contributed by atoms with Gasteiger partial charge in [0.15, 0.2) is 23.7 Å². The molecule has 0 radical (unpaired) electrons. The van der Waals surface area contributed by atoms with E-state index < -0.39 is 112 Å². The van der Waals surface area contributed by atoms with Gasteiger partial charge in [-0.05, 0) is 75.6 Å². The number of esters is 3. The molecule has 2 bridgehead atoms. The number of hydrogen-bond acceptors (Lipinski definition) is 15. The third kappa shape index (κ3) is 8.21. The molecule has 370 valence electrons. The second-order valence-electron chi connectivity index (χ2n) is 20.4. The lowest BCUT2D eigenvalue weighted by Gasteiger charge is -2.67. The molecule has 1 amide bonds. The summed E-state index contributed by atoms with van der Waals surface area (Å²) in [6, 6.07) is 22.9. The maximum Gasteiger partial charge on any atom is 0.413 e. The van der Waals surface area contributed by atoms with Gasteiger partial charge in [-0.1, -0.05) is 74.5 Å². The Morgan fingerprint density at radius 3 is 2.03 bits per heavy atom. The number of fused-ring (bicyclic) bond motifs is 5. The quantitative estimate of drug-likeness (QED) is 0.124. The zero-order valence-electron chi connectivity index (χ0n) is 41.0. The Bertz CT molecular complexity index is 2490. The van der Waals surface area contributed by atoms with Crippen molar-refractivity contribution in [1.29, 1.82) is 0 Å². The lowest BCUT2D eigenvalue weighted by atomic mass is 9.44. The average Bonchev–Trinajstić information content (AvgIpc) is 3.72. The summed E-state index contributed by atoms with van der Waals surface area (Å²) < 4.78 is 55.9. The molecule has 69 heavy (non-hydrogen) atoms. The maximum atomic E-state index is 15.8. The van der Waals surface area contributed by atoms with E-state index in [9.17, 15) is 19.5 Å². The molecule has 2 heterocycles. The number of ether oxygens (including phenoxy) is 9. The minimum Gasteiger partial charge on any atom is -0.497 e. The van der Waals surface area contributed by atoms with E-state index in [-0.39, 0.29) is 25.0 Å². The number of carbonyl (C=O) groups excluding carboxylic acids is 5. The number of hydrogen-bond donors (Lipinski definition) is 1. The number of aliphatic hydroxyl groups is 1. The first-order valence-corrected chi connectivity index (χ1v) is 23.2. The summed E-state index contributed by atoms with van der Waals surface area (Å²) in [6.07, 6.45) is -9.71. The van der Waals surface area contributed by atoms with Crippen molar-refractivity contribution in [2.75, 3.05) is 27.9 Å². The molecule has 3 aromatic carbocycles. The van der Waals surface area contributed by atoms with Gasteiger partial charge >= 0.3 is 24.0 Å². The lowest BCUT2D eigenvalue weighted by molar-refractivity contribution is -0.347. The Kier molecular flexibility index (Phi) is 13.2. The minimum atomic E-state index is -2.22. The summed E-state index contributed by atoms with van der Waals surface area (Å²) in [5.74, 6) is -3.65. The molecule has 3 aromatic rings. The highest BCUT2D eigenvalue weighted by atomic mass is 16.6. The molecule has 5 aliphatic rings. The molecule has 4 fully saturated rings. The number of methoxy groups -OCH3 is 3. The van der Waals surface area contributed by atoms with Crippen LogP contribution in [0.15, 0.2) is 96.1 Å². The van der Waals surface area contributed by atoms with Crippen molar-refractivity contribution in [1.82, 2.24) is 4.90 Å². The first-order valence-electron chi connectivity index (χ1n) is 23.2. The average molecular weight is 954 g/mol. The van der Waals surface area contributed by atoms with Crippen molar-refractivity contribution in [3.63, 3.8) is 0 Å². The van der Waals surface area contributed by atoms with Crippen molar-refractivity contribution in [3.05, 3.63) is 113 Å². The second kappa shape index (κ2) is 18.3. The van der Waals surface area contributed by atoms with Crippen LogP contribution < -0.4 is 4.74 Å². The molecule has 2 saturated heterocycles. The fourth-order valence-corrected chi connectivity index (χ4v) is 11.8. The van der Waals surface area contributed by atoms with Crippen LogP contribution in [0, 0.1) is 16.7 Å². The van der Waals surface area contributed by atoms with E-state index >= 15 is 9.59 Å². The molecule has 2 saturated carbocycles. The summed E-state index contributed by atoms with van der Waals surface area (Å²) in [5.41, 5.74) is -5.96. The van der Waals surface area contributed by atoms with Gasteiger partial charge in [-0.15, -0.1) is 0 Å². The predicted molar refractivity (Wildman–Crippen MR) is 246 cm³/mol. The molecule has 12 atom stereocenters. The van der Waals surface area contributed by atoms with Crippen LogP contribution in [0.2, 0.25) is 0 Å². The number of carbonyl (C=O) groups is 5. The van der Waals surface area contributed by atoms with Crippen LogP contribution in [0.1, 0.15) is 102 Å². The van der Waals surface area contributed by atoms with Crippen LogP contribution in [0.25, 0.3) is 0 Å². The van der Waals surface area contributed by atoms with Gasteiger partial charge in [0.05, 0.1) is 36.7 Å². The van der Waals surface area contributed by atoms with E-state index in [1.165, 1.54) is 33.2 Å². The molecule has 3 aliphatic carbocycles. The third-order valence-electron chi connectivity index (χ3n) is 15.1. The molecule has 1 N–H and O–H groups in total.